The van der Waals surface area contributed by atoms with E-state index in [0.29, 0.717) is 11.8 Å². The summed E-state index contributed by atoms with van der Waals surface area (Å²) in [4.78, 5) is 7.69. The lowest BCUT2D eigenvalue weighted by Gasteiger charge is -1.96. The molecule has 4 heteroatoms. The molecule has 3 nitrogen and oxygen atoms in total. The number of aryl methyl sites for hydroxylation is 1. The Balaban J connectivity index is 2.52. The number of nitrogens with zero attached hydrogens (tertiary/aromatic N) is 2. The highest BCUT2D eigenvalue weighted by atomic mass is 35.5. The van der Waals surface area contributed by atoms with Gasteiger partial charge in [0.25, 0.3) is 0 Å². The van der Waals surface area contributed by atoms with Gasteiger partial charge in [-0.1, -0.05) is 0 Å². The topological polar surface area (TPSA) is 51.8 Å². The third kappa shape index (κ3) is 2.82. The van der Waals surface area contributed by atoms with Gasteiger partial charge in [-0.25, -0.2) is 9.97 Å². The highest BCUT2D eigenvalue weighted by Crippen LogP contribution is 2.02. The van der Waals surface area contributed by atoms with Crippen LogP contribution in [0.4, 0.5) is 0 Å². The maximum absolute atomic E-state index is 5.50. The molecule has 0 aliphatic rings. The average Bonchev–Trinajstić information content (AvgIpc) is 2.04. The predicted molar refractivity (Wildman–Crippen MR) is 44.4 cm³/mol. The Bertz CT molecular complexity index is 209. The lowest BCUT2D eigenvalue weighted by atomic mass is 10.2. The van der Waals surface area contributed by atoms with Crippen molar-refractivity contribution in [2.45, 2.75) is 12.8 Å². The molecule has 0 fully saturated rings. The summed E-state index contributed by atoms with van der Waals surface area (Å²) in [6.45, 7) is 0.697. The van der Waals surface area contributed by atoms with E-state index in [0.717, 1.165) is 18.4 Å². The third-order valence-electron chi connectivity index (χ3n) is 1.34. The van der Waals surface area contributed by atoms with Gasteiger partial charge in [-0.3, -0.25) is 0 Å². The molecule has 60 valence electrons. The van der Waals surface area contributed by atoms with Gasteiger partial charge < -0.3 is 5.73 Å². The monoisotopic (exact) mass is 171 g/mol. The van der Waals surface area contributed by atoms with Gasteiger partial charge in [-0.2, -0.15) is 0 Å². The Morgan fingerprint density at radius 1 is 1.36 bits per heavy atom. The van der Waals surface area contributed by atoms with Crippen molar-refractivity contribution in [1.82, 2.24) is 9.97 Å². The normalized spacial score (nSPS) is 10.0. The van der Waals surface area contributed by atoms with Gasteiger partial charge in [0.05, 0.1) is 0 Å². The summed E-state index contributed by atoms with van der Waals surface area (Å²) in [5.74, 6) is 0. The molecule has 0 saturated carbocycles. The number of nitrogens with two attached hydrogens (primary N) is 1. The molecule has 0 atom stereocenters. The Labute approximate surface area is 70.6 Å². The van der Waals surface area contributed by atoms with Crippen LogP contribution in [0.5, 0.6) is 0 Å². The molecule has 0 unspecified atom stereocenters. The van der Waals surface area contributed by atoms with E-state index in [1.54, 1.807) is 12.4 Å². The SMILES string of the molecule is NCCCc1cnc(Cl)nc1. The van der Waals surface area contributed by atoms with Crippen LogP contribution in [-0.4, -0.2) is 16.5 Å². The number of aromatic nitrogens is 2. The van der Waals surface area contributed by atoms with E-state index in [1.165, 1.54) is 0 Å². The molecule has 1 rings (SSSR count). The number of hydrogen-bond donors (Lipinski definition) is 1. The van der Waals surface area contributed by atoms with Crippen LogP contribution in [0.3, 0.4) is 0 Å². The standard InChI is InChI=1S/C7H10ClN3/c8-7-10-4-6(5-11-7)2-1-3-9/h4-5H,1-3,9H2. The van der Waals surface area contributed by atoms with Crippen LogP contribution in [0.15, 0.2) is 12.4 Å². The van der Waals surface area contributed by atoms with E-state index < -0.39 is 0 Å². The summed E-state index contributed by atoms with van der Waals surface area (Å²) in [5, 5.41) is 0.293. The largest absolute Gasteiger partial charge is 0.330 e. The molecule has 0 aliphatic heterocycles. The van der Waals surface area contributed by atoms with Crippen molar-refractivity contribution in [2.75, 3.05) is 6.54 Å². The quantitative estimate of drug-likeness (QED) is 0.691. The Kier molecular flexibility index (Phi) is 3.26. The van der Waals surface area contributed by atoms with Gasteiger partial charge in [0.2, 0.25) is 5.28 Å². The Morgan fingerprint density at radius 3 is 2.55 bits per heavy atom. The molecule has 1 aromatic rings. The van der Waals surface area contributed by atoms with Crippen LogP contribution in [0.1, 0.15) is 12.0 Å². The van der Waals surface area contributed by atoms with Gasteiger partial charge in [0, 0.05) is 12.4 Å². The first kappa shape index (κ1) is 8.43. The lowest BCUT2D eigenvalue weighted by Crippen LogP contribution is -2.00. The van der Waals surface area contributed by atoms with Crippen LogP contribution in [0.25, 0.3) is 0 Å². The molecule has 0 aliphatic carbocycles. The first-order chi connectivity index (χ1) is 5.33. The number of halogens is 1. The Morgan fingerprint density at radius 2 is 2.00 bits per heavy atom. The molecule has 0 radical (unpaired) electrons. The van der Waals surface area contributed by atoms with Gasteiger partial charge in [-0.15, -0.1) is 0 Å². The van der Waals surface area contributed by atoms with E-state index in [4.69, 9.17) is 17.3 Å². The zero-order valence-electron chi connectivity index (χ0n) is 6.13. The summed E-state index contributed by atoms with van der Waals surface area (Å²) in [6.07, 6.45) is 5.34. The molecule has 0 aromatic carbocycles. The van der Waals surface area contributed by atoms with Crippen molar-refractivity contribution in [3.63, 3.8) is 0 Å². The summed E-state index contributed by atoms with van der Waals surface area (Å²) >= 11 is 5.50. The van der Waals surface area contributed by atoms with Crippen LogP contribution in [0, 0.1) is 0 Å². The van der Waals surface area contributed by atoms with Crippen molar-refractivity contribution < 1.29 is 0 Å². The van der Waals surface area contributed by atoms with Crippen molar-refractivity contribution in [1.29, 1.82) is 0 Å². The molecule has 0 saturated heterocycles. The summed E-state index contributed by atoms with van der Waals surface area (Å²) in [5.41, 5.74) is 6.42. The zero-order chi connectivity index (χ0) is 8.10. The molecular weight excluding hydrogens is 162 g/mol. The second kappa shape index (κ2) is 4.26. The van der Waals surface area contributed by atoms with Crippen LogP contribution in [-0.2, 0) is 6.42 Å². The fourth-order valence-electron chi connectivity index (χ4n) is 0.774. The summed E-state index contributed by atoms with van der Waals surface area (Å²) < 4.78 is 0. The molecule has 2 N–H and O–H groups in total. The Hall–Kier alpha value is -0.670. The van der Waals surface area contributed by atoms with Crippen molar-refractivity contribution in [3.05, 3.63) is 23.2 Å². The maximum Gasteiger partial charge on any atom is 0.222 e. The highest BCUT2D eigenvalue weighted by molar-refractivity contribution is 6.28. The minimum absolute atomic E-state index is 0.293. The van der Waals surface area contributed by atoms with Crippen molar-refractivity contribution in [2.24, 2.45) is 5.73 Å². The second-order valence-electron chi connectivity index (χ2n) is 2.25. The maximum atomic E-state index is 5.50. The van der Waals surface area contributed by atoms with Gasteiger partial charge in [0.15, 0.2) is 0 Å². The van der Waals surface area contributed by atoms with E-state index in [9.17, 15) is 0 Å². The predicted octanol–water partition coefficient (Wildman–Crippen LogP) is 1.02. The van der Waals surface area contributed by atoms with E-state index in [2.05, 4.69) is 9.97 Å². The summed E-state index contributed by atoms with van der Waals surface area (Å²) in [7, 11) is 0. The molecule has 1 heterocycles. The minimum Gasteiger partial charge on any atom is -0.330 e. The first-order valence-corrected chi connectivity index (χ1v) is 3.87. The van der Waals surface area contributed by atoms with Crippen molar-refractivity contribution >= 4 is 11.6 Å². The minimum atomic E-state index is 0.293. The average molecular weight is 172 g/mol. The first-order valence-electron chi connectivity index (χ1n) is 3.49. The molecule has 0 amide bonds. The van der Waals surface area contributed by atoms with Crippen LogP contribution >= 0.6 is 11.6 Å². The molecular formula is C7H10ClN3. The highest BCUT2D eigenvalue weighted by Gasteiger charge is 1.93. The van der Waals surface area contributed by atoms with Crippen LogP contribution in [0.2, 0.25) is 5.28 Å². The van der Waals surface area contributed by atoms with Crippen LogP contribution < -0.4 is 5.73 Å². The van der Waals surface area contributed by atoms with E-state index >= 15 is 0 Å². The molecule has 0 bridgehead atoms. The second-order valence-corrected chi connectivity index (χ2v) is 2.59. The lowest BCUT2D eigenvalue weighted by molar-refractivity contribution is 0.823. The van der Waals surface area contributed by atoms with E-state index in [1.807, 2.05) is 0 Å². The van der Waals surface area contributed by atoms with Gasteiger partial charge >= 0.3 is 0 Å². The molecule has 11 heavy (non-hydrogen) atoms. The number of hydrogen-bond acceptors (Lipinski definition) is 3. The smallest absolute Gasteiger partial charge is 0.222 e. The molecule has 0 spiro atoms. The summed E-state index contributed by atoms with van der Waals surface area (Å²) in [6, 6.07) is 0. The number of rotatable bonds is 3. The fourth-order valence-corrected chi connectivity index (χ4v) is 0.872. The third-order valence-corrected chi connectivity index (χ3v) is 1.54. The van der Waals surface area contributed by atoms with Gasteiger partial charge in [0.1, 0.15) is 0 Å². The fraction of sp³-hybridized carbons (Fsp3) is 0.429. The van der Waals surface area contributed by atoms with Gasteiger partial charge in [-0.05, 0) is 36.6 Å². The van der Waals surface area contributed by atoms with Crippen molar-refractivity contribution in [3.8, 4) is 0 Å². The molecule has 1 aromatic heterocycles. The van der Waals surface area contributed by atoms with E-state index in [-0.39, 0.29) is 0 Å². The zero-order valence-corrected chi connectivity index (χ0v) is 6.88.